The first-order valence-electron chi connectivity index (χ1n) is 6.59. The molecular weight excluding hydrogens is 268 g/mol. The molecule has 1 amide bonds. The summed E-state index contributed by atoms with van der Waals surface area (Å²) in [6.07, 6.45) is 6.65. The Morgan fingerprint density at radius 2 is 2.29 bits per heavy atom. The molecule has 3 aromatic heterocycles. The van der Waals surface area contributed by atoms with E-state index in [0.29, 0.717) is 12.4 Å². The van der Waals surface area contributed by atoms with Crippen molar-refractivity contribution < 1.29 is 9.53 Å². The fourth-order valence-corrected chi connectivity index (χ4v) is 2.03. The van der Waals surface area contributed by atoms with Crippen molar-refractivity contribution in [3.8, 4) is 11.1 Å². The predicted octanol–water partition coefficient (Wildman–Crippen LogP) is 2.96. The van der Waals surface area contributed by atoms with Crippen molar-refractivity contribution in [3.05, 3.63) is 49.1 Å². The second-order valence-electron chi connectivity index (χ2n) is 4.39. The Bertz CT molecular complexity index is 768. The summed E-state index contributed by atoms with van der Waals surface area (Å²) in [7, 11) is 0. The zero-order valence-electron chi connectivity index (χ0n) is 11.5. The normalized spacial score (nSPS) is 10.5. The molecule has 0 bridgehead atoms. The van der Waals surface area contributed by atoms with E-state index < -0.39 is 6.09 Å². The molecule has 3 aromatic rings. The standard InChI is InChI=1S/C15H14N4O2/c1-2-21-15(20)18-13-10-19-7-5-11(8-14(19)17-13)12-4-3-6-16-9-12/h3-10H,2H2,1H3,(H,18,20). The molecule has 0 aliphatic carbocycles. The Morgan fingerprint density at radius 3 is 3.05 bits per heavy atom. The topological polar surface area (TPSA) is 68.5 Å². The average Bonchev–Trinajstić information content (AvgIpc) is 2.89. The Morgan fingerprint density at radius 1 is 1.38 bits per heavy atom. The van der Waals surface area contributed by atoms with Gasteiger partial charge in [0.25, 0.3) is 0 Å². The summed E-state index contributed by atoms with van der Waals surface area (Å²) in [5, 5.41) is 2.59. The molecule has 21 heavy (non-hydrogen) atoms. The van der Waals surface area contributed by atoms with Gasteiger partial charge in [0.2, 0.25) is 0 Å². The molecule has 0 saturated carbocycles. The fraction of sp³-hybridized carbons (Fsp3) is 0.133. The van der Waals surface area contributed by atoms with Crippen LogP contribution >= 0.6 is 0 Å². The van der Waals surface area contributed by atoms with Crippen LogP contribution in [-0.2, 0) is 4.74 Å². The van der Waals surface area contributed by atoms with Crippen LogP contribution in [0.1, 0.15) is 6.92 Å². The minimum atomic E-state index is -0.506. The Labute approximate surface area is 121 Å². The molecule has 1 N–H and O–H groups in total. The van der Waals surface area contributed by atoms with E-state index in [9.17, 15) is 4.79 Å². The van der Waals surface area contributed by atoms with Gasteiger partial charge in [0.15, 0.2) is 5.82 Å². The molecule has 0 aliphatic rings. The van der Waals surface area contributed by atoms with Crippen molar-refractivity contribution in [2.24, 2.45) is 0 Å². The minimum absolute atomic E-state index is 0.324. The number of nitrogens with one attached hydrogen (secondary N) is 1. The lowest BCUT2D eigenvalue weighted by atomic mass is 10.1. The lowest BCUT2D eigenvalue weighted by molar-refractivity contribution is 0.168. The van der Waals surface area contributed by atoms with Crippen molar-refractivity contribution in [2.75, 3.05) is 11.9 Å². The zero-order chi connectivity index (χ0) is 14.7. The molecule has 0 fully saturated rings. The van der Waals surface area contributed by atoms with E-state index in [4.69, 9.17) is 4.74 Å². The van der Waals surface area contributed by atoms with Crippen LogP contribution in [0.5, 0.6) is 0 Å². The van der Waals surface area contributed by atoms with Crippen molar-refractivity contribution >= 4 is 17.6 Å². The number of carbonyl (C=O) groups excluding carboxylic acids is 1. The van der Waals surface area contributed by atoms with E-state index in [1.165, 1.54) is 0 Å². The Hall–Kier alpha value is -2.89. The van der Waals surface area contributed by atoms with Gasteiger partial charge in [0.05, 0.1) is 12.8 Å². The summed E-state index contributed by atoms with van der Waals surface area (Å²) < 4.78 is 6.66. The third-order valence-electron chi connectivity index (χ3n) is 2.96. The van der Waals surface area contributed by atoms with E-state index in [1.54, 1.807) is 25.5 Å². The number of hydrogen-bond acceptors (Lipinski definition) is 4. The number of imidazole rings is 1. The van der Waals surface area contributed by atoms with Gasteiger partial charge in [-0.25, -0.2) is 9.78 Å². The van der Waals surface area contributed by atoms with Crippen LogP contribution in [0.15, 0.2) is 49.1 Å². The average molecular weight is 282 g/mol. The Balaban J connectivity index is 1.90. The third-order valence-corrected chi connectivity index (χ3v) is 2.96. The van der Waals surface area contributed by atoms with Gasteiger partial charge in [-0.15, -0.1) is 0 Å². The predicted molar refractivity (Wildman–Crippen MR) is 79.1 cm³/mol. The van der Waals surface area contributed by atoms with Crippen molar-refractivity contribution in [3.63, 3.8) is 0 Å². The second-order valence-corrected chi connectivity index (χ2v) is 4.39. The van der Waals surface area contributed by atoms with Crippen molar-refractivity contribution in [1.82, 2.24) is 14.4 Å². The van der Waals surface area contributed by atoms with Crippen LogP contribution in [0.3, 0.4) is 0 Å². The molecule has 106 valence electrons. The summed E-state index contributed by atoms with van der Waals surface area (Å²) >= 11 is 0. The number of nitrogens with zero attached hydrogens (tertiary/aromatic N) is 3. The lowest BCUT2D eigenvalue weighted by Crippen LogP contribution is -2.13. The smallest absolute Gasteiger partial charge is 0.412 e. The highest BCUT2D eigenvalue weighted by molar-refractivity contribution is 5.83. The Kier molecular flexibility index (Phi) is 3.51. The van der Waals surface area contributed by atoms with Crippen LogP contribution in [0.2, 0.25) is 0 Å². The van der Waals surface area contributed by atoms with Gasteiger partial charge < -0.3 is 9.14 Å². The van der Waals surface area contributed by atoms with Gasteiger partial charge in [0.1, 0.15) is 5.65 Å². The molecule has 0 aliphatic heterocycles. The molecular formula is C15H14N4O2. The first-order valence-corrected chi connectivity index (χ1v) is 6.59. The molecule has 6 nitrogen and oxygen atoms in total. The van der Waals surface area contributed by atoms with Gasteiger partial charge >= 0.3 is 6.09 Å². The molecule has 0 saturated heterocycles. The molecule has 6 heteroatoms. The van der Waals surface area contributed by atoms with Crippen LogP contribution in [0.4, 0.5) is 10.6 Å². The fourth-order valence-electron chi connectivity index (χ4n) is 2.03. The van der Waals surface area contributed by atoms with E-state index in [2.05, 4.69) is 15.3 Å². The van der Waals surface area contributed by atoms with Crippen LogP contribution in [-0.4, -0.2) is 27.1 Å². The summed E-state index contributed by atoms with van der Waals surface area (Å²) in [6.45, 7) is 2.08. The molecule has 3 heterocycles. The first-order chi connectivity index (χ1) is 10.3. The molecule has 0 unspecified atom stereocenters. The number of carbonyl (C=O) groups is 1. The summed E-state index contributed by atoms with van der Waals surface area (Å²) in [4.78, 5) is 19.8. The number of rotatable bonds is 3. The quantitative estimate of drug-likeness (QED) is 0.802. The highest BCUT2D eigenvalue weighted by Gasteiger charge is 2.07. The molecule has 3 rings (SSSR count). The summed E-state index contributed by atoms with van der Waals surface area (Å²) in [5.74, 6) is 0.455. The summed E-state index contributed by atoms with van der Waals surface area (Å²) in [6, 6.07) is 7.78. The second kappa shape index (κ2) is 5.62. The van der Waals surface area contributed by atoms with E-state index >= 15 is 0 Å². The highest BCUT2D eigenvalue weighted by Crippen LogP contribution is 2.20. The van der Waals surface area contributed by atoms with Gasteiger partial charge in [-0.1, -0.05) is 6.07 Å². The first kappa shape index (κ1) is 13.1. The monoisotopic (exact) mass is 282 g/mol. The number of ether oxygens (including phenoxy) is 1. The highest BCUT2D eigenvalue weighted by atomic mass is 16.5. The van der Waals surface area contributed by atoms with E-state index in [0.717, 1.165) is 16.8 Å². The maximum atomic E-state index is 11.4. The van der Waals surface area contributed by atoms with Crippen LogP contribution in [0.25, 0.3) is 16.8 Å². The maximum Gasteiger partial charge on any atom is 0.412 e. The minimum Gasteiger partial charge on any atom is -0.450 e. The molecule has 0 aromatic carbocycles. The maximum absolute atomic E-state index is 11.4. The van der Waals surface area contributed by atoms with Crippen molar-refractivity contribution in [1.29, 1.82) is 0 Å². The van der Waals surface area contributed by atoms with Gasteiger partial charge in [-0.2, -0.15) is 0 Å². The number of pyridine rings is 2. The van der Waals surface area contributed by atoms with Crippen LogP contribution in [0, 0.1) is 0 Å². The summed E-state index contributed by atoms with van der Waals surface area (Å²) in [5.41, 5.74) is 2.77. The van der Waals surface area contributed by atoms with Gasteiger partial charge in [-0.3, -0.25) is 10.3 Å². The van der Waals surface area contributed by atoms with Crippen molar-refractivity contribution in [2.45, 2.75) is 6.92 Å². The number of aromatic nitrogens is 3. The molecule has 0 radical (unpaired) electrons. The number of amides is 1. The van der Waals surface area contributed by atoms with Crippen LogP contribution < -0.4 is 5.32 Å². The number of anilines is 1. The van der Waals surface area contributed by atoms with E-state index in [-0.39, 0.29) is 0 Å². The zero-order valence-corrected chi connectivity index (χ0v) is 11.5. The lowest BCUT2D eigenvalue weighted by Gasteiger charge is -2.00. The van der Waals surface area contributed by atoms with Gasteiger partial charge in [0, 0.05) is 24.2 Å². The SMILES string of the molecule is CCOC(=O)Nc1cn2ccc(-c3cccnc3)cc2n1. The van der Waals surface area contributed by atoms with Gasteiger partial charge in [-0.05, 0) is 30.7 Å². The third kappa shape index (κ3) is 2.84. The number of fused-ring (bicyclic) bond motifs is 1. The largest absolute Gasteiger partial charge is 0.450 e. The molecule has 0 spiro atoms. The molecule has 0 atom stereocenters. The number of hydrogen-bond donors (Lipinski definition) is 1. The van der Waals surface area contributed by atoms with E-state index in [1.807, 2.05) is 34.9 Å².